The zero-order valence-electron chi connectivity index (χ0n) is 19.8. The van der Waals surface area contributed by atoms with Crippen LogP contribution >= 0.6 is 0 Å². The fraction of sp³-hybridized carbons (Fsp3) is 0.808. The van der Waals surface area contributed by atoms with Gasteiger partial charge in [-0.05, 0) is 12.5 Å². The van der Waals surface area contributed by atoms with Gasteiger partial charge in [0.1, 0.15) is 6.10 Å². The number of rotatable bonds is 21. The van der Waals surface area contributed by atoms with Gasteiger partial charge < -0.3 is 14.6 Å². The molecular formula is C26H48NO3+. The maximum atomic E-state index is 9.24. The van der Waals surface area contributed by atoms with Crippen molar-refractivity contribution in [2.45, 2.75) is 116 Å². The van der Waals surface area contributed by atoms with Crippen LogP contribution in [0.15, 0.2) is 24.5 Å². The number of hydrogen-bond acceptors (Lipinski definition) is 3. The second kappa shape index (κ2) is 20.0. The van der Waals surface area contributed by atoms with Crippen molar-refractivity contribution in [2.24, 2.45) is 0 Å². The molecule has 0 aliphatic rings. The second-order valence-electron chi connectivity index (χ2n) is 8.60. The number of ether oxygens (including phenoxy) is 2. The van der Waals surface area contributed by atoms with Gasteiger partial charge in [0.05, 0.1) is 13.2 Å². The summed E-state index contributed by atoms with van der Waals surface area (Å²) >= 11 is 0. The third kappa shape index (κ3) is 14.9. The van der Waals surface area contributed by atoms with E-state index in [1.54, 1.807) is 7.11 Å². The van der Waals surface area contributed by atoms with Gasteiger partial charge in [-0.1, -0.05) is 90.4 Å². The van der Waals surface area contributed by atoms with E-state index in [-0.39, 0.29) is 12.7 Å². The summed E-state index contributed by atoms with van der Waals surface area (Å²) in [6, 6.07) is 3.87. The van der Waals surface area contributed by atoms with Gasteiger partial charge in [0, 0.05) is 25.3 Å². The lowest BCUT2D eigenvalue weighted by molar-refractivity contribution is -0.704. The van der Waals surface area contributed by atoms with E-state index in [4.69, 9.17) is 9.47 Å². The number of pyridine rings is 1. The average molecular weight is 423 g/mol. The zero-order chi connectivity index (χ0) is 21.7. The number of aromatic nitrogens is 1. The number of nitrogens with zero attached hydrogens (tertiary/aromatic N) is 1. The molecular weight excluding hydrogens is 374 g/mol. The van der Waals surface area contributed by atoms with Crippen LogP contribution in [0.25, 0.3) is 0 Å². The van der Waals surface area contributed by atoms with Crippen molar-refractivity contribution in [2.75, 3.05) is 20.3 Å². The molecule has 0 radical (unpaired) electrons. The smallest absolute Gasteiger partial charge is 0.176 e. The number of unbranched alkanes of at least 4 members (excludes halogenated alkanes) is 13. The van der Waals surface area contributed by atoms with Crippen molar-refractivity contribution < 1.29 is 19.1 Å². The van der Waals surface area contributed by atoms with Gasteiger partial charge in [0.25, 0.3) is 0 Å². The van der Waals surface area contributed by atoms with Gasteiger partial charge in [-0.15, -0.1) is 0 Å². The maximum Gasteiger partial charge on any atom is 0.176 e. The third-order valence-corrected chi connectivity index (χ3v) is 5.80. The predicted molar refractivity (Wildman–Crippen MR) is 124 cm³/mol. The van der Waals surface area contributed by atoms with Gasteiger partial charge in [0.2, 0.25) is 0 Å². The molecule has 4 nitrogen and oxygen atoms in total. The lowest BCUT2D eigenvalue weighted by Gasteiger charge is -2.13. The lowest BCUT2D eigenvalue weighted by atomic mass is 10.0. The molecule has 0 saturated carbocycles. The first kappa shape index (κ1) is 27.1. The Hall–Kier alpha value is -0.970. The SMILES string of the molecule is CCCCCCCCCCCCCCCCOCC(C[n+]1cccc(CO)c1)OC. The minimum Gasteiger partial charge on any atom is -0.391 e. The Bertz CT molecular complexity index is 495. The maximum absolute atomic E-state index is 9.24. The van der Waals surface area contributed by atoms with Crippen LogP contribution in [0.5, 0.6) is 0 Å². The summed E-state index contributed by atoms with van der Waals surface area (Å²) in [5.41, 5.74) is 0.913. The van der Waals surface area contributed by atoms with Gasteiger partial charge in [0.15, 0.2) is 18.9 Å². The van der Waals surface area contributed by atoms with E-state index >= 15 is 0 Å². The molecule has 4 heteroatoms. The summed E-state index contributed by atoms with van der Waals surface area (Å²) in [6.07, 6.45) is 23.3. The Morgan fingerprint density at radius 2 is 1.43 bits per heavy atom. The Kier molecular flexibility index (Phi) is 18.0. The minimum atomic E-state index is 0.0376. The molecule has 0 amide bonds. The quantitative estimate of drug-likeness (QED) is 0.196. The van der Waals surface area contributed by atoms with Crippen LogP contribution in [0, 0.1) is 0 Å². The number of hydrogen-bond donors (Lipinski definition) is 1. The molecule has 0 spiro atoms. The van der Waals surface area contributed by atoms with Crippen molar-refractivity contribution in [3.8, 4) is 0 Å². The molecule has 0 fully saturated rings. The van der Waals surface area contributed by atoms with Crippen molar-refractivity contribution >= 4 is 0 Å². The molecule has 30 heavy (non-hydrogen) atoms. The van der Waals surface area contributed by atoms with Crippen LogP contribution in [0.2, 0.25) is 0 Å². The zero-order valence-corrected chi connectivity index (χ0v) is 19.8. The Labute approximate surface area is 186 Å². The molecule has 1 aromatic rings. The van der Waals surface area contributed by atoms with E-state index in [0.717, 1.165) is 25.1 Å². The summed E-state index contributed by atoms with van der Waals surface area (Å²) in [5.74, 6) is 0. The highest BCUT2D eigenvalue weighted by molar-refractivity contribution is 5.03. The van der Waals surface area contributed by atoms with Gasteiger partial charge in [-0.2, -0.15) is 0 Å². The molecule has 174 valence electrons. The first-order valence-electron chi connectivity index (χ1n) is 12.5. The molecule has 1 atom stereocenters. The van der Waals surface area contributed by atoms with E-state index in [1.165, 1.54) is 83.5 Å². The van der Waals surface area contributed by atoms with Crippen molar-refractivity contribution in [3.05, 3.63) is 30.1 Å². The van der Waals surface area contributed by atoms with Crippen LogP contribution in [0.4, 0.5) is 0 Å². The monoisotopic (exact) mass is 422 g/mol. The van der Waals surface area contributed by atoms with E-state index < -0.39 is 0 Å². The summed E-state index contributed by atoms with van der Waals surface area (Å²) in [5, 5.41) is 9.24. The summed E-state index contributed by atoms with van der Waals surface area (Å²) in [7, 11) is 1.73. The number of methoxy groups -OCH3 is 1. The second-order valence-corrected chi connectivity index (χ2v) is 8.60. The number of aliphatic hydroxyl groups excluding tert-OH is 1. The predicted octanol–water partition coefficient (Wildman–Crippen LogP) is 5.98. The highest BCUT2D eigenvalue weighted by Crippen LogP contribution is 2.13. The van der Waals surface area contributed by atoms with Gasteiger partial charge >= 0.3 is 0 Å². The third-order valence-electron chi connectivity index (χ3n) is 5.80. The van der Waals surface area contributed by atoms with E-state index in [2.05, 4.69) is 11.5 Å². The van der Waals surface area contributed by atoms with E-state index in [1.807, 2.05) is 24.5 Å². The molecule has 1 aromatic heterocycles. The Morgan fingerprint density at radius 1 is 0.867 bits per heavy atom. The number of aliphatic hydroxyl groups is 1. The van der Waals surface area contributed by atoms with E-state index in [9.17, 15) is 5.11 Å². The van der Waals surface area contributed by atoms with Crippen LogP contribution in [0.1, 0.15) is 102 Å². The fourth-order valence-corrected chi connectivity index (χ4v) is 3.83. The normalized spacial score (nSPS) is 12.4. The standard InChI is InChI=1S/C26H48NO3/c1-3-4-5-6-7-8-9-10-11-12-13-14-15-16-20-30-24-26(29-2)22-27-19-17-18-25(21-27)23-28/h17-19,21,26,28H,3-16,20,22-24H2,1-2H3/q+1. The van der Waals surface area contributed by atoms with Gasteiger partial charge in [-0.3, -0.25) is 0 Å². The highest BCUT2D eigenvalue weighted by Gasteiger charge is 2.14. The first-order valence-corrected chi connectivity index (χ1v) is 12.5. The molecule has 0 saturated heterocycles. The van der Waals surface area contributed by atoms with Crippen molar-refractivity contribution in [1.82, 2.24) is 0 Å². The van der Waals surface area contributed by atoms with Crippen LogP contribution < -0.4 is 4.57 Å². The van der Waals surface area contributed by atoms with Crippen LogP contribution in [0.3, 0.4) is 0 Å². The average Bonchev–Trinajstić information content (AvgIpc) is 2.78. The van der Waals surface area contributed by atoms with Crippen molar-refractivity contribution in [3.63, 3.8) is 0 Å². The summed E-state index contributed by atoms with van der Waals surface area (Å²) in [6.45, 7) is 4.52. The van der Waals surface area contributed by atoms with E-state index in [0.29, 0.717) is 6.61 Å². The molecule has 1 N–H and O–H groups in total. The topological polar surface area (TPSA) is 42.6 Å². The first-order chi connectivity index (χ1) is 14.8. The highest BCUT2D eigenvalue weighted by atomic mass is 16.5. The molecule has 0 aliphatic heterocycles. The molecule has 0 aliphatic carbocycles. The molecule has 1 rings (SSSR count). The molecule has 0 aromatic carbocycles. The fourth-order valence-electron chi connectivity index (χ4n) is 3.83. The molecule has 1 heterocycles. The minimum absolute atomic E-state index is 0.0376. The molecule has 0 bridgehead atoms. The molecule has 1 unspecified atom stereocenters. The Morgan fingerprint density at radius 3 is 1.97 bits per heavy atom. The van der Waals surface area contributed by atoms with Gasteiger partial charge in [-0.25, -0.2) is 4.57 Å². The summed E-state index contributed by atoms with van der Waals surface area (Å²) in [4.78, 5) is 0. The van der Waals surface area contributed by atoms with Crippen LogP contribution in [-0.2, 0) is 22.6 Å². The largest absolute Gasteiger partial charge is 0.391 e. The van der Waals surface area contributed by atoms with Crippen LogP contribution in [-0.4, -0.2) is 31.5 Å². The van der Waals surface area contributed by atoms with Crippen molar-refractivity contribution in [1.29, 1.82) is 0 Å². The summed E-state index contributed by atoms with van der Waals surface area (Å²) < 4.78 is 13.4. The Balaban J connectivity index is 1.89. The lowest BCUT2D eigenvalue weighted by Crippen LogP contribution is -2.42.